The molecule has 2 nitrogen and oxygen atoms in total. The van der Waals surface area contributed by atoms with Crippen LogP contribution >= 0.6 is 15.9 Å². The second-order valence-electron chi connectivity index (χ2n) is 4.35. The number of hydrogen-bond donors (Lipinski definition) is 1. The molecular formula is C13H17BrO2. The summed E-state index contributed by atoms with van der Waals surface area (Å²) in [5, 5.41) is 9.11. The second kappa shape index (κ2) is 5.19. The Morgan fingerprint density at radius 2 is 2.25 bits per heavy atom. The fourth-order valence-electron chi connectivity index (χ4n) is 2.23. The summed E-state index contributed by atoms with van der Waals surface area (Å²) in [6.07, 6.45) is 3.46. The molecule has 2 rings (SSSR count). The molecular weight excluding hydrogens is 268 g/mol. The SMILES string of the molecule is COc1ccc(C(CCO)C2CC2)cc1Br. The lowest BCUT2D eigenvalue weighted by molar-refractivity contribution is 0.269. The lowest BCUT2D eigenvalue weighted by Crippen LogP contribution is -2.04. The van der Waals surface area contributed by atoms with Gasteiger partial charge < -0.3 is 9.84 Å². The predicted octanol–water partition coefficient (Wildman–Crippen LogP) is 3.33. The smallest absolute Gasteiger partial charge is 0.133 e. The van der Waals surface area contributed by atoms with E-state index in [-0.39, 0.29) is 6.61 Å². The topological polar surface area (TPSA) is 29.5 Å². The maximum atomic E-state index is 9.11. The second-order valence-corrected chi connectivity index (χ2v) is 5.20. The van der Waals surface area contributed by atoms with Gasteiger partial charge in [-0.25, -0.2) is 0 Å². The molecule has 1 aromatic carbocycles. The van der Waals surface area contributed by atoms with E-state index >= 15 is 0 Å². The van der Waals surface area contributed by atoms with E-state index in [1.807, 2.05) is 6.07 Å². The van der Waals surface area contributed by atoms with Crippen molar-refractivity contribution in [1.82, 2.24) is 0 Å². The number of hydrogen-bond acceptors (Lipinski definition) is 2. The van der Waals surface area contributed by atoms with Crippen LogP contribution in [0.15, 0.2) is 22.7 Å². The van der Waals surface area contributed by atoms with Gasteiger partial charge >= 0.3 is 0 Å². The van der Waals surface area contributed by atoms with E-state index in [1.165, 1.54) is 18.4 Å². The number of methoxy groups -OCH3 is 1. The first kappa shape index (κ1) is 11.9. The van der Waals surface area contributed by atoms with Gasteiger partial charge in [-0.05, 0) is 64.7 Å². The standard InChI is InChI=1S/C13H17BrO2/c1-16-13-5-4-10(8-12(13)14)11(6-7-15)9-2-3-9/h4-5,8-9,11,15H,2-3,6-7H2,1H3. The summed E-state index contributed by atoms with van der Waals surface area (Å²) in [6.45, 7) is 0.269. The molecule has 1 aliphatic rings. The third kappa shape index (κ3) is 2.58. The van der Waals surface area contributed by atoms with Crippen molar-refractivity contribution in [3.63, 3.8) is 0 Å². The van der Waals surface area contributed by atoms with Gasteiger partial charge in [0.2, 0.25) is 0 Å². The van der Waals surface area contributed by atoms with Gasteiger partial charge in [-0.15, -0.1) is 0 Å². The molecule has 1 fully saturated rings. The molecule has 1 aromatic rings. The Labute approximate surface area is 105 Å². The molecule has 0 heterocycles. The lowest BCUT2D eigenvalue weighted by atomic mass is 9.91. The van der Waals surface area contributed by atoms with Gasteiger partial charge in [-0.3, -0.25) is 0 Å². The van der Waals surface area contributed by atoms with Crippen LogP contribution in [-0.4, -0.2) is 18.8 Å². The van der Waals surface area contributed by atoms with E-state index in [2.05, 4.69) is 28.1 Å². The Balaban J connectivity index is 2.20. The quantitative estimate of drug-likeness (QED) is 0.899. The van der Waals surface area contributed by atoms with Crippen LogP contribution in [0.5, 0.6) is 5.75 Å². The average Bonchev–Trinajstić information content (AvgIpc) is 3.09. The molecule has 0 radical (unpaired) electrons. The largest absolute Gasteiger partial charge is 0.496 e. The molecule has 1 atom stereocenters. The highest BCUT2D eigenvalue weighted by molar-refractivity contribution is 9.10. The van der Waals surface area contributed by atoms with Crippen LogP contribution in [0.1, 0.15) is 30.7 Å². The van der Waals surface area contributed by atoms with E-state index in [4.69, 9.17) is 9.84 Å². The van der Waals surface area contributed by atoms with Crippen LogP contribution in [0.3, 0.4) is 0 Å². The fraction of sp³-hybridized carbons (Fsp3) is 0.538. The summed E-state index contributed by atoms with van der Waals surface area (Å²) in [5.41, 5.74) is 1.31. The number of benzene rings is 1. The zero-order valence-electron chi connectivity index (χ0n) is 9.45. The Kier molecular flexibility index (Phi) is 3.87. The minimum absolute atomic E-state index is 0.269. The van der Waals surface area contributed by atoms with Crippen molar-refractivity contribution in [2.24, 2.45) is 5.92 Å². The highest BCUT2D eigenvalue weighted by atomic mass is 79.9. The summed E-state index contributed by atoms with van der Waals surface area (Å²) < 4.78 is 6.22. The maximum Gasteiger partial charge on any atom is 0.133 e. The molecule has 0 spiro atoms. The van der Waals surface area contributed by atoms with Crippen LogP contribution in [0, 0.1) is 5.92 Å². The molecule has 1 N–H and O–H groups in total. The highest BCUT2D eigenvalue weighted by Gasteiger charge is 2.31. The van der Waals surface area contributed by atoms with Gasteiger partial charge in [0.15, 0.2) is 0 Å². The van der Waals surface area contributed by atoms with Crippen LogP contribution in [0.4, 0.5) is 0 Å². The first-order valence-electron chi connectivity index (χ1n) is 5.70. The van der Waals surface area contributed by atoms with E-state index in [9.17, 15) is 0 Å². The molecule has 1 saturated carbocycles. The van der Waals surface area contributed by atoms with Gasteiger partial charge in [0.05, 0.1) is 11.6 Å². The number of halogens is 1. The summed E-state index contributed by atoms with van der Waals surface area (Å²) in [6, 6.07) is 6.23. The lowest BCUT2D eigenvalue weighted by Gasteiger charge is -2.16. The summed E-state index contributed by atoms with van der Waals surface area (Å²) in [7, 11) is 1.67. The van der Waals surface area contributed by atoms with Crippen molar-refractivity contribution in [1.29, 1.82) is 0 Å². The maximum absolute atomic E-state index is 9.11. The Bertz CT molecular complexity index is 361. The Hall–Kier alpha value is -0.540. The molecule has 1 unspecified atom stereocenters. The predicted molar refractivity (Wildman–Crippen MR) is 67.9 cm³/mol. The van der Waals surface area contributed by atoms with Crippen LogP contribution in [-0.2, 0) is 0 Å². The van der Waals surface area contributed by atoms with Crippen LogP contribution in [0.2, 0.25) is 0 Å². The number of aliphatic hydroxyl groups excluding tert-OH is 1. The summed E-state index contributed by atoms with van der Waals surface area (Å²) >= 11 is 3.51. The van der Waals surface area contributed by atoms with Gasteiger partial charge in [0.1, 0.15) is 5.75 Å². The number of ether oxygens (including phenoxy) is 1. The zero-order chi connectivity index (χ0) is 11.5. The summed E-state index contributed by atoms with van der Waals surface area (Å²) in [4.78, 5) is 0. The van der Waals surface area contributed by atoms with Gasteiger partial charge in [-0.1, -0.05) is 6.07 Å². The van der Waals surface area contributed by atoms with Crippen molar-refractivity contribution in [2.45, 2.75) is 25.2 Å². The minimum Gasteiger partial charge on any atom is -0.496 e. The van der Waals surface area contributed by atoms with E-state index in [1.54, 1.807) is 7.11 Å². The average molecular weight is 285 g/mol. The van der Waals surface area contributed by atoms with Crippen molar-refractivity contribution in [3.05, 3.63) is 28.2 Å². The van der Waals surface area contributed by atoms with E-state index < -0.39 is 0 Å². The van der Waals surface area contributed by atoms with Crippen molar-refractivity contribution >= 4 is 15.9 Å². The number of rotatable bonds is 5. The molecule has 3 heteroatoms. The monoisotopic (exact) mass is 284 g/mol. The van der Waals surface area contributed by atoms with Gasteiger partial charge in [0.25, 0.3) is 0 Å². The Morgan fingerprint density at radius 1 is 1.50 bits per heavy atom. The molecule has 0 bridgehead atoms. The van der Waals surface area contributed by atoms with Crippen molar-refractivity contribution in [2.75, 3.05) is 13.7 Å². The first-order chi connectivity index (χ1) is 7.76. The number of aliphatic hydroxyl groups is 1. The van der Waals surface area contributed by atoms with Gasteiger partial charge in [-0.2, -0.15) is 0 Å². The first-order valence-corrected chi connectivity index (χ1v) is 6.50. The molecule has 16 heavy (non-hydrogen) atoms. The van der Waals surface area contributed by atoms with E-state index in [0.717, 1.165) is 22.6 Å². The molecule has 0 amide bonds. The molecule has 1 aliphatic carbocycles. The van der Waals surface area contributed by atoms with E-state index in [0.29, 0.717) is 5.92 Å². The Morgan fingerprint density at radius 3 is 2.75 bits per heavy atom. The minimum atomic E-state index is 0.269. The van der Waals surface area contributed by atoms with Gasteiger partial charge in [0, 0.05) is 6.61 Å². The normalized spacial score (nSPS) is 17.2. The zero-order valence-corrected chi connectivity index (χ0v) is 11.0. The van der Waals surface area contributed by atoms with Crippen molar-refractivity contribution in [3.8, 4) is 5.75 Å². The molecule has 0 aromatic heterocycles. The molecule has 88 valence electrons. The molecule has 0 saturated heterocycles. The van der Waals surface area contributed by atoms with Crippen molar-refractivity contribution < 1.29 is 9.84 Å². The van der Waals surface area contributed by atoms with Crippen LogP contribution in [0.25, 0.3) is 0 Å². The van der Waals surface area contributed by atoms with Crippen LogP contribution < -0.4 is 4.74 Å². The highest BCUT2D eigenvalue weighted by Crippen LogP contribution is 2.45. The summed E-state index contributed by atoms with van der Waals surface area (Å²) in [5.74, 6) is 2.14. The molecule has 0 aliphatic heterocycles. The third-order valence-electron chi connectivity index (χ3n) is 3.24. The third-order valence-corrected chi connectivity index (χ3v) is 3.85. The fourth-order valence-corrected chi connectivity index (χ4v) is 2.78.